The highest BCUT2D eigenvalue weighted by Gasteiger charge is 2.05. The number of imidazole rings is 1. The number of aliphatic imine (C=N–C) groups is 1. The summed E-state index contributed by atoms with van der Waals surface area (Å²) in [5.74, 6) is -0.363. The van der Waals surface area contributed by atoms with Crippen LogP contribution in [0, 0.1) is 11.6 Å². The van der Waals surface area contributed by atoms with E-state index >= 15 is 0 Å². The minimum atomic E-state index is -0.463. The maximum atomic E-state index is 13.8. The van der Waals surface area contributed by atoms with Crippen LogP contribution in [0.1, 0.15) is 23.6 Å². The van der Waals surface area contributed by atoms with Crippen LogP contribution in [0.15, 0.2) is 66.2 Å². The van der Waals surface area contributed by atoms with Gasteiger partial charge in [-0.3, -0.25) is 0 Å². The van der Waals surface area contributed by atoms with Crippen LogP contribution in [0.4, 0.5) is 8.78 Å². The van der Waals surface area contributed by atoms with Crippen LogP contribution in [0.25, 0.3) is 0 Å². The van der Waals surface area contributed by atoms with Crippen molar-refractivity contribution in [2.45, 2.75) is 26.6 Å². The molecule has 0 unspecified atom stereocenters. The number of rotatable bonds is 7. The van der Waals surface area contributed by atoms with Crippen LogP contribution >= 0.6 is 24.0 Å². The molecule has 0 fully saturated rings. The van der Waals surface area contributed by atoms with Crippen LogP contribution in [-0.2, 0) is 19.6 Å². The van der Waals surface area contributed by atoms with Crippen LogP contribution in [0.5, 0.6) is 0 Å². The fraction of sp³-hybridized carbons (Fsp3) is 0.238. The number of aromatic nitrogens is 2. The summed E-state index contributed by atoms with van der Waals surface area (Å²) in [5.41, 5.74) is 2.48. The van der Waals surface area contributed by atoms with Gasteiger partial charge in [-0.15, -0.1) is 24.0 Å². The summed E-state index contributed by atoms with van der Waals surface area (Å²) in [7, 11) is 0. The molecule has 29 heavy (non-hydrogen) atoms. The standard InChI is InChI=1S/C21H23F2N5.HI/c1-2-25-21(27-13-18-11-19(22)6-7-20(18)23)26-12-16-4-3-5-17(10-16)14-28-9-8-24-15-28;/h3-11,15H,2,12-14H2,1H3,(H2,25,26,27);1H. The van der Waals surface area contributed by atoms with E-state index in [0.29, 0.717) is 19.0 Å². The zero-order valence-corrected chi connectivity index (χ0v) is 18.4. The lowest BCUT2D eigenvalue weighted by Crippen LogP contribution is -2.37. The van der Waals surface area contributed by atoms with Crippen molar-refractivity contribution in [2.75, 3.05) is 6.54 Å². The average molecular weight is 511 g/mol. The van der Waals surface area contributed by atoms with Gasteiger partial charge in [0.15, 0.2) is 5.96 Å². The lowest BCUT2D eigenvalue weighted by atomic mass is 10.1. The molecule has 0 saturated heterocycles. The number of hydrogen-bond donors (Lipinski definition) is 2. The molecule has 8 heteroatoms. The van der Waals surface area contributed by atoms with Gasteiger partial charge >= 0.3 is 0 Å². The quantitative estimate of drug-likeness (QED) is 0.286. The van der Waals surface area contributed by atoms with E-state index in [-0.39, 0.29) is 36.1 Å². The highest BCUT2D eigenvalue weighted by atomic mass is 127. The molecule has 0 aliphatic heterocycles. The van der Waals surface area contributed by atoms with Gasteiger partial charge in [-0.1, -0.05) is 24.3 Å². The minimum Gasteiger partial charge on any atom is -0.357 e. The molecule has 5 nitrogen and oxygen atoms in total. The molecule has 1 heterocycles. The monoisotopic (exact) mass is 511 g/mol. The predicted molar refractivity (Wildman–Crippen MR) is 121 cm³/mol. The molecule has 3 rings (SSSR count). The third-order valence-electron chi connectivity index (χ3n) is 4.13. The van der Waals surface area contributed by atoms with E-state index in [4.69, 9.17) is 0 Å². The number of guanidine groups is 1. The first-order valence-corrected chi connectivity index (χ1v) is 9.13. The first kappa shape index (κ1) is 22.8. The molecule has 0 saturated carbocycles. The molecular weight excluding hydrogens is 487 g/mol. The number of halogens is 3. The van der Waals surface area contributed by atoms with E-state index in [0.717, 1.165) is 29.8 Å². The summed E-state index contributed by atoms with van der Waals surface area (Å²) in [6, 6.07) is 11.6. The number of nitrogens with zero attached hydrogens (tertiary/aromatic N) is 3. The Labute approximate surface area is 186 Å². The Morgan fingerprint density at radius 3 is 2.69 bits per heavy atom. The zero-order chi connectivity index (χ0) is 19.8. The van der Waals surface area contributed by atoms with Crippen molar-refractivity contribution in [1.82, 2.24) is 20.2 Å². The van der Waals surface area contributed by atoms with Crippen LogP contribution in [0.3, 0.4) is 0 Å². The van der Waals surface area contributed by atoms with Gasteiger partial charge in [-0.2, -0.15) is 0 Å². The highest BCUT2D eigenvalue weighted by molar-refractivity contribution is 14.0. The SMILES string of the molecule is CCNC(=NCc1cccc(Cn2ccnc2)c1)NCc1cc(F)ccc1F.I. The normalized spacial score (nSPS) is 11.1. The Kier molecular flexibility index (Phi) is 9.04. The average Bonchev–Trinajstić information content (AvgIpc) is 3.20. The van der Waals surface area contributed by atoms with Gasteiger partial charge in [0.25, 0.3) is 0 Å². The molecule has 0 atom stereocenters. The molecular formula is C21H24F2IN5. The van der Waals surface area contributed by atoms with Crippen molar-refractivity contribution in [3.63, 3.8) is 0 Å². The van der Waals surface area contributed by atoms with Gasteiger partial charge in [-0.25, -0.2) is 18.8 Å². The fourth-order valence-electron chi connectivity index (χ4n) is 2.79. The lowest BCUT2D eigenvalue weighted by Gasteiger charge is -2.12. The molecule has 2 aromatic carbocycles. The minimum absolute atomic E-state index is 0. The molecule has 2 N–H and O–H groups in total. The maximum Gasteiger partial charge on any atom is 0.191 e. The molecule has 0 aliphatic carbocycles. The molecule has 0 amide bonds. The molecule has 0 bridgehead atoms. The summed E-state index contributed by atoms with van der Waals surface area (Å²) in [6.45, 7) is 3.98. The first-order chi connectivity index (χ1) is 13.6. The van der Waals surface area contributed by atoms with Gasteiger partial charge in [-0.05, 0) is 36.2 Å². The summed E-state index contributed by atoms with van der Waals surface area (Å²) in [6.07, 6.45) is 5.46. The Bertz CT molecular complexity index is 929. The second-order valence-corrected chi connectivity index (χ2v) is 6.34. The fourth-order valence-corrected chi connectivity index (χ4v) is 2.79. The number of nitrogens with one attached hydrogen (secondary N) is 2. The van der Waals surface area contributed by atoms with Crippen molar-refractivity contribution in [1.29, 1.82) is 0 Å². The third-order valence-corrected chi connectivity index (χ3v) is 4.13. The molecule has 0 spiro atoms. The highest BCUT2D eigenvalue weighted by Crippen LogP contribution is 2.10. The lowest BCUT2D eigenvalue weighted by molar-refractivity contribution is 0.581. The molecule has 154 valence electrons. The van der Waals surface area contributed by atoms with E-state index in [2.05, 4.69) is 32.7 Å². The molecule has 1 aromatic heterocycles. The molecule has 0 radical (unpaired) electrons. The summed E-state index contributed by atoms with van der Waals surface area (Å²) < 4.78 is 29.1. The van der Waals surface area contributed by atoms with Crippen LogP contribution in [0.2, 0.25) is 0 Å². The summed E-state index contributed by atoms with van der Waals surface area (Å²) in [5, 5.41) is 6.16. The Balaban J connectivity index is 0.00000300. The van der Waals surface area contributed by atoms with Crippen LogP contribution < -0.4 is 10.6 Å². The van der Waals surface area contributed by atoms with E-state index in [9.17, 15) is 8.78 Å². The Morgan fingerprint density at radius 1 is 1.10 bits per heavy atom. The van der Waals surface area contributed by atoms with Crippen molar-refractivity contribution in [3.05, 3.63) is 89.5 Å². The first-order valence-electron chi connectivity index (χ1n) is 9.13. The van der Waals surface area contributed by atoms with E-state index in [1.54, 1.807) is 12.5 Å². The van der Waals surface area contributed by atoms with E-state index in [1.165, 1.54) is 6.07 Å². The number of hydrogen-bond acceptors (Lipinski definition) is 2. The van der Waals surface area contributed by atoms with Gasteiger partial charge < -0.3 is 15.2 Å². The summed E-state index contributed by atoms with van der Waals surface area (Å²) in [4.78, 5) is 8.60. The van der Waals surface area contributed by atoms with Crippen molar-refractivity contribution in [2.24, 2.45) is 4.99 Å². The van der Waals surface area contributed by atoms with Gasteiger partial charge in [0.1, 0.15) is 11.6 Å². The topological polar surface area (TPSA) is 54.2 Å². The Morgan fingerprint density at radius 2 is 1.93 bits per heavy atom. The van der Waals surface area contributed by atoms with Crippen molar-refractivity contribution >= 4 is 29.9 Å². The van der Waals surface area contributed by atoms with E-state index < -0.39 is 11.6 Å². The largest absolute Gasteiger partial charge is 0.357 e. The second kappa shape index (κ2) is 11.5. The second-order valence-electron chi connectivity index (χ2n) is 6.34. The zero-order valence-electron chi connectivity index (χ0n) is 16.1. The molecule has 3 aromatic rings. The Hall–Kier alpha value is -2.49. The third kappa shape index (κ3) is 7.12. The maximum absolute atomic E-state index is 13.8. The molecule has 0 aliphatic rings. The van der Waals surface area contributed by atoms with Crippen LogP contribution in [-0.4, -0.2) is 22.1 Å². The van der Waals surface area contributed by atoms with Gasteiger partial charge in [0.05, 0.1) is 12.9 Å². The summed E-state index contributed by atoms with van der Waals surface area (Å²) >= 11 is 0. The van der Waals surface area contributed by atoms with E-state index in [1.807, 2.05) is 29.8 Å². The van der Waals surface area contributed by atoms with Gasteiger partial charge in [0.2, 0.25) is 0 Å². The van der Waals surface area contributed by atoms with Crippen molar-refractivity contribution < 1.29 is 8.78 Å². The van der Waals surface area contributed by atoms with Gasteiger partial charge in [0, 0.05) is 37.6 Å². The smallest absolute Gasteiger partial charge is 0.191 e. The van der Waals surface area contributed by atoms with Crippen molar-refractivity contribution in [3.8, 4) is 0 Å². The predicted octanol–water partition coefficient (Wildman–Crippen LogP) is 4.08. The number of benzene rings is 2.